The molecule has 0 amide bonds. The molecule has 1 unspecified atom stereocenters. The fraction of sp³-hybridized carbons (Fsp3) is 0.333. The monoisotopic (exact) mass is 258 g/mol. The van der Waals surface area contributed by atoms with Crippen molar-refractivity contribution in [3.8, 4) is 0 Å². The zero-order valence-corrected chi connectivity index (χ0v) is 11.1. The molecule has 0 aliphatic heterocycles. The van der Waals surface area contributed by atoms with Crippen LogP contribution in [0.15, 0.2) is 30.5 Å². The van der Waals surface area contributed by atoms with Crippen LogP contribution in [0.3, 0.4) is 0 Å². The lowest BCUT2D eigenvalue weighted by Crippen LogP contribution is -2.32. The maximum absolute atomic E-state index is 10.9. The van der Waals surface area contributed by atoms with Crippen LogP contribution in [0.25, 0.3) is 10.9 Å². The number of carboxylic acids is 1. The summed E-state index contributed by atoms with van der Waals surface area (Å²) in [6.07, 6.45) is 2.01. The molecule has 100 valence electrons. The van der Waals surface area contributed by atoms with Gasteiger partial charge in [-0.25, -0.2) is 0 Å². The van der Waals surface area contributed by atoms with Gasteiger partial charge in [0, 0.05) is 11.6 Å². The predicted octanol–water partition coefficient (Wildman–Crippen LogP) is 2.31. The fourth-order valence-corrected chi connectivity index (χ4v) is 2.08. The third kappa shape index (κ3) is 2.90. The van der Waals surface area contributed by atoms with Gasteiger partial charge < -0.3 is 10.8 Å². The first-order chi connectivity index (χ1) is 8.99. The van der Waals surface area contributed by atoms with Crippen molar-refractivity contribution in [2.24, 2.45) is 5.73 Å². The van der Waals surface area contributed by atoms with Crippen molar-refractivity contribution in [2.75, 3.05) is 0 Å². The fourth-order valence-electron chi connectivity index (χ4n) is 2.08. The topological polar surface area (TPSA) is 76.2 Å². The summed E-state index contributed by atoms with van der Waals surface area (Å²) >= 11 is 0. The first-order valence-electron chi connectivity index (χ1n) is 6.35. The van der Waals surface area contributed by atoms with Crippen LogP contribution in [0.4, 0.5) is 0 Å². The second kappa shape index (κ2) is 5.36. The number of carbonyl (C=O) groups is 1. The van der Waals surface area contributed by atoms with Crippen LogP contribution in [0.2, 0.25) is 0 Å². The number of nitrogens with two attached hydrogens (primary N) is 1. The average Bonchev–Trinajstić information content (AvgIpc) is 2.38. The molecule has 0 aliphatic carbocycles. The average molecular weight is 258 g/mol. The summed E-state index contributed by atoms with van der Waals surface area (Å²) in [7, 11) is 0. The van der Waals surface area contributed by atoms with Gasteiger partial charge >= 0.3 is 5.97 Å². The van der Waals surface area contributed by atoms with Crippen LogP contribution in [-0.4, -0.2) is 22.1 Å². The summed E-state index contributed by atoms with van der Waals surface area (Å²) in [5.41, 5.74) is 8.64. The molecule has 0 saturated carbocycles. The molecule has 2 rings (SSSR count). The molecule has 1 aromatic heterocycles. The van der Waals surface area contributed by atoms with Crippen molar-refractivity contribution in [2.45, 2.75) is 32.2 Å². The van der Waals surface area contributed by atoms with Crippen molar-refractivity contribution in [3.05, 3.63) is 41.6 Å². The first kappa shape index (κ1) is 13.5. The van der Waals surface area contributed by atoms with Gasteiger partial charge in [0.2, 0.25) is 0 Å². The van der Waals surface area contributed by atoms with E-state index in [0.29, 0.717) is 12.3 Å². The summed E-state index contributed by atoms with van der Waals surface area (Å²) in [6.45, 7) is 4.25. The first-order valence-corrected chi connectivity index (χ1v) is 6.35. The van der Waals surface area contributed by atoms with E-state index < -0.39 is 12.0 Å². The van der Waals surface area contributed by atoms with Gasteiger partial charge in [-0.1, -0.05) is 19.9 Å². The maximum atomic E-state index is 10.9. The second-order valence-electron chi connectivity index (χ2n) is 5.05. The lowest BCUT2D eigenvalue weighted by atomic mass is 9.97. The number of carboxylic acid groups (broad SMARTS) is 1. The summed E-state index contributed by atoms with van der Waals surface area (Å²) in [5.74, 6) is -0.560. The van der Waals surface area contributed by atoms with Crippen molar-refractivity contribution < 1.29 is 9.90 Å². The quantitative estimate of drug-likeness (QED) is 0.882. The van der Waals surface area contributed by atoms with Crippen LogP contribution in [0.5, 0.6) is 0 Å². The van der Waals surface area contributed by atoms with Gasteiger partial charge in [-0.05, 0) is 41.7 Å². The van der Waals surface area contributed by atoms with E-state index in [1.54, 1.807) is 6.20 Å². The number of hydrogen-bond acceptors (Lipinski definition) is 3. The minimum absolute atomic E-state index is 0.315. The molecule has 0 radical (unpaired) electrons. The third-order valence-corrected chi connectivity index (χ3v) is 3.28. The molecular formula is C15H18N2O2. The van der Waals surface area contributed by atoms with Gasteiger partial charge in [-0.15, -0.1) is 0 Å². The van der Waals surface area contributed by atoms with Gasteiger partial charge in [0.25, 0.3) is 0 Å². The SMILES string of the molecule is CC(C)c1ccc2nccc(CC(N)C(=O)O)c2c1. The Hall–Kier alpha value is -1.94. The number of rotatable bonds is 4. The Morgan fingerprint density at radius 1 is 1.37 bits per heavy atom. The van der Waals surface area contributed by atoms with Crippen molar-refractivity contribution in [3.63, 3.8) is 0 Å². The Bertz CT molecular complexity index is 608. The van der Waals surface area contributed by atoms with E-state index in [9.17, 15) is 4.79 Å². The largest absolute Gasteiger partial charge is 0.480 e. The van der Waals surface area contributed by atoms with E-state index in [-0.39, 0.29) is 0 Å². The van der Waals surface area contributed by atoms with Crippen LogP contribution >= 0.6 is 0 Å². The summed E-state index contributed by atoms with van der Waals surface area (Å²) in [4.78, 5) is 15.2. The van der Waals surface area contributed by atoms with E-state index in [1.807, 2.05) is 12.1 Å². The van der Waals surface area contributed by atoms with Crippen molar-refractivity contribution in [1.29, 1.82) is 0 Å². The van der Waals surface area contributed by atoms with Crippen LogP contribution in [-0.2, 0) is 11.2 Å². The smallest absolute Gasteiger partial charge is 0.320 e. The third-order valence-electron chi connectivity index (χ3n) is 3.28. The number of fused-ring (bicyclic) bond motifs is 1. The molecule has 2 aromatic rings. The molecule has 0 spiro atoms. The Morgan fingerprint density at radius 3 is 2.74 bits per heavy atom. The summed E-state index contributed by atoms with van der Waals surface area (Å²) < 4.78 is 0. The number of hydrogen-bond donors (Lipinski definition) is 2. The highest BCUT2D eigenvalue weighted by Crippen LogP contribution is 2.23. The highest BCUT2D eigenvalue weighted by atomic mass is 16.4. The van der Waals surface area contributed by atoms with Gasteiger partial charge in [0.1, 0.15) is 6.04 Å². The molecule has 0 aliphatic rings. The maximum Gasteiger partial charge on any atom is 0.320 e. The van der Waals surface area contributed by atoms with E-state index in [0.717, 1.165) is 16.5 Å². The summed E-state index contributed by atoms with van der Waals surface area (Å²) in [6, 6.07) is 7.07. The summed E-state index contributed by atoms with van der Waals surface area (Å²) in [5, 5.41) is 9.91. The Labute approximate surface area is 112 Å². The van der Waals surface area contributed by atoms with Crippen molar-refractivity contribution in [1.82, 2.24) is 4.98 Å². The number of nitrogens with zero attached hydrogens (tertiary/aromatic N) is 1. The normalized spacial score (nSPS) is 12.8. The highest BCUT2D eigenvalue weighted by Gasteiger charge is 2.14. The minimum Gasteiger partial charge on any atom is -0.480 e. The molecule has 0 bridgehead atoms. The highest BCUT2D eigenvalue weighted by molar-refractivity contribution is 5.84. The Balaban J connectivity index is 2.48. The standard InChI is InChI=1S/C15H18N2O2/c1-9(2)10-3-4-14-12(7-10)11(5-6-17-14)8-13(16)15(18)19/h3-7,9,13H,8,16H2,1-2H3,(H,18,19). The van der Waals surface area contributed by atoms with Gasteiger partial charge in [0.05, 0.1) is 5.52 Å². The zero-order chi connectivity index (χ0) is 14.0. The molecule has 4 heteroatoms. The van der Waals surface area contributed by atoms with Gasteiger partial charge in [-0.2, -0.15) is 0 Å². The predicted molar refractivity (Wildman–Crippen MR) is 75.1 cm³/mol. The zero-order valence-electron chi connectivity index (χ0n) is 11.1. The molecule has 1 atom stereocenters. The lowest BCUT2D eigenvalue weighted by Gasteiger charge is -2.12. The Kier molecular flexibility index (Phi) is 3.81. The lowest BCUT2D eigenvalue weighted by molar-refractivity contribution is -0.138. The molecule has 4 nitrogen and oxygen atoms in total. The number of aromatic nitrogens is 1. The van der Waals surface area contributed by atoms with E-state index >= 15 is 0 Å². The second-order valence-corrected chi connectivity index (χ2v) is 5.05. The van der Waals surface area contributed by atoms with Gasteiger partial charge in [0.15, 0.2) is 0 Å². The number of pyridine rings is 1. The van der Waals surface area contributed by atoms with Crippen LogP contribution < -0.4 is 5.73 Å². The molecule has 1 heterocycles. The van der Waals surface area contributed by atoms with E-state index in [2.05, 4.69) is 31.0 Å². The molecular weight excluding hydrogens is 240 g/mol. The molecule has 19 heavy (non-hydrogen) atoms. The number of benzene rings is 1. The minimum atomic E-state index is -0.982. The molecule has 0 fully saturated rings. The van der Waals surface area contributed by atoms with Crippen LogP contribution in [0.1, 0.15) is 30.9 Å². The molecule has 0 saturated heterocycles. The van der Waals surface area contributed by atoms with Gasteiger partial charge in [-0.3, -0.25) is 9.78 Å². The molecule has 1 aromatic carbocycles. The Morgan fingerprint density at radius 2 is 2.11 bits per heavy atom. The van der Waals surface area contributed by atoms with Crippen molar-refractivity contribution >= 4 is 16.9 Å². The van der Waals surface area contributed by atoms with E-state index in [1.165, 1.54) is 5.56 Å². The van der Waals surface area contributed by atoms with Crippen LogP contribution in [0, 0.1) is 0 Å². The molecule has 3 N–H and O–H groups in total. The number of aliphatic carboxylic acids is 1. The van der Waals surface area contributed by atoms with E-state index in [4.69, 9.17) is 10.8 Å².